The molecular weight excluding hydrogens is 734 g/mol. The van der Waals surface area contributed by atoms with Crippen LogP contribution in [0.5, 0.6) is 23.3 Å². The largest absolute Gasteiger partial charge is 0.432 e. The first-order valence-corrected chi connectivity index (χ1v) is 14.0. The van der Waals surface area contributed by atoms with E-state index in [4.69, 9.17) is 31.6 Å². The predicted octanol–water partition coefficient (Wildman–Crippen LogP) is 8.41. The zero-order valence-electron chi connectivity index (χ0n) is 23.7. The lowest BCUT2D eigenvalue weighted by atomic mass is 10.1. The van der Waals surface area contributed by atoms with Crippen LogP contribution in [-0.2, 0) is 14.1 Å². The molecule has 5 aromatic rings. The molecule has 0 spiro atoms. The summed E-state index contributed by atoms with van der Waals surface area (Å²) < 4.78 is 83.1. The smallest absolute Gasteiger partial charge is 0.231 e. The number of nitrogens with zero attached hydrogens (tertiary/aromatic N) is 6. The molecule has 45 heavy (non-hydrogen) atoms. The molecule has 2 aromatic heterocycles. The van der Waals surface area contributed by atoms with E-state index in [0.29, 0.717) is 26.1 Å². The highest BCUT2D eigenvalue weighted by Gasteiger charge is 2.23. The Hall–Kier alpha value is -4.67. The minimum atomic E-state index is -1.03. The Labute approximate surface area is 271 Å². The van der Waals surface area contributed by atoms with Crippen LogP contribution < -0.4 is 9.47 Å². The van der Waals surface area contributed by atoms with Crippen molar-refractivity contribution < 1.29 is 31.4 Å². The van der Waals surface area contributed by atoms with Crippen LogP contribution in [0.15, 0.2) is 42.5 Å². The first-order valence-electron chi connectivity index (χ1n) is 12.6. The van der Waals surface area contributed by atoms with E-state index in [1.165, 1.54) is 28.5 Å². The highest BCUT2D eigenvalue weighted by molar-refractivity contribution is 14.1. The molecule has 0 bridgehead atoms. The van der Waals surface area contributed by atoms with E-state index in [1.807, 2.05) is 22.6 Å². The van der Waals surface area contributed by atoms with E-state index in [1.54, 1.807) is 33.0 Å². The molecular formula is C30H19ClF5IN6O2. The molecule has 0 aliphatic carbocycles. The van der Waals surface area contributed by atoms with E-state index in [9.17, 15) is 22.0 Å². The molecule has 3 aromatic carbocycles. The number of aromatic nitrogens is 4. The molecule has 0 saturated carbocycles. The van der Waals surface area contributed by atoms with Gasteiger partial charge in [-0.05, 0) is 78.9 Å². The van der Waals surface area contributed by atoms with Crippen molar-refractivity contribution in [1.82, 2.24) is 19.6 Å². The monoisotopic (exact) mass is 752 g/mol. The average Bonchev–Trinajstić information content (AvgIpc) is 3.39. The molecule has 0 amide bonds. The molecule has 15 heteroatoms. The summed E-state index contributed by atoms with van der Waals surface area (Å²) in [5.41, 5.74) is 1.69. The van der Waals surface area contributed by atoms with Gasteiger partial charge in [0.25, 0.3) is 0 Å². The second-order valence-electron chi connectivity index (χ2n) is 9.31. The molecule has 5 rings (SSSR count). The summed E-state index contributed by atoms with van der Waals surface area (Å²) in [4.78, 5) is 0. The molecule has 0 radical (unpaired) electrons. The van der Waals surface area contributed by atoms with Crippen molar-refractivity contribution in [3.05, 3.63) is 103 Å². The van der Waals surface area contributed by atoms with Gasteiger partial charge < -0.3 is 9.47 Å². The first kappa shape index (κ1) is 33.2. The maximum absolute atomic E-state index is 14.2. The van der Waals surface area contributed by atoms with Gasteiger partial charge in [-0.1, -0.05) is 11.6 Å². The minimum absolute atomic E-state index is 0.0264. The normalized spacial score (nSPS) is 10.5. The Balaban J connectivity index is 0.000000215. The van der Waals surface area contributed by atoms with Gasteiger partial charge in [0.05, 0.1) is 48.8 Å². The van der Waals surface area contributed by atoms with Gasteiger partial charge in [-0.3, -0.25) is 0 Å². The van der Waals surface area contributed by atoms with Crippen LogP contribution >= 0.6 is 34.2 Å². The van der Waals surface area contributed by atoms with Crippen molar-refractivity contribution in [2.75, 3.05) is 0 Å². The van der Waals surface area contributed by atoms with Crippen LogP contribution in [0, 0.1) is 69.2 Å². The lowest BCUT2D eigenvalue weighted by Crippen LogP contribution is -2.00. The van der Waals surface area contributed by atoms with Gasteiger partial charge in [-0.2, -0.15) is 20.7 Å². The molecule has 8 nitrogen and oxygen atoms in total. The number of ether oxygens (including phenoxy) is 2. The highest BCUT2D eigenvalue weighted by atomic mass is 127. The van der Waals surface area contributed by atoms with Crippen molar-refractivity contribution in [2.45, 2.75) is 13.8 Å². The molecule has 230 valence electrons. The Morgan fingerprint density at radius 3 is 1.60 bits per heavy atom. The SMILES string of the molecule is Cc1nn(C)c(Oc2c(F)cc(C#N)cc2F)c1-c1ccc(F)cc1Cl.Cc1nn(C)c(Oc2c(F)cc(C#N)cc2F)c1I. The molecule has 0 aliphatic rings. The van der Waals surface area contributed by atoms with Crippen LogP contribution in [0.1, 0.15) is 22.5 Å². The van der Waals surface area contributed by atoms with Gasteiger partial charge in [0, 0.05) is 19.7 Å². The zero-order chi connectivity index (χ0) is 33.2. The molecule has 0 atom stereocenters. The number of nitriles is 2. The summed E-state index contributed by atoms with van der Waals surface area (Å²) in [6.07, 6.45) is 0. The fraction of sp³-hybridized carbons (Fsp3) is 0.133. The maximum atomic E-state index is 14.2. The summed E-state index contributed by atoms with van der Waals surface area (Å²) in [5, 5.41) is 25.8. The third kappa shape index (κ3) is 7.02. The summed E-state index contributed by atoms with van der Waals surface area (Å²) in [5.74, 6) is -5.37. The molecule has 0 N–H and O–H groups in total. The number of rotatable bonds is 5. The van der Waals surface area contributed by atoms with Gasteiger partial charge in [-0.15, -0.1) is 0 Å². The fourth-order valence-corrected chi connectivity index (χ4v) is 4.94. The Morgan fingerprint density at radius 2 is 1.18 bits per heavy atom. The number of hydrogen-bond donors (Lipinski definition) is 0. The zero-order valence-corrected chi connectivity index (χ0v) is 26.6. The standard InChI is InChI=1S/C18H11ClF3N3O.C12H8F2IN3O/c1-9-16(12-4-3-11(20)7-13(12)19)18(25(2)24-9)26-17-14(21)5-10(8-23)6-15(17)22;1-6-10(15)12(18(2)17-6)19-11-8(13)3-7(5-16)4-9(11)14/h3-7H,1-2H3;3-4H,1-2H3. The summed E-state index contributed by atoms with van der Waals surface area (Å²) >= 11 is 8.09. The Kier molecular flexibility index (Phi) is 10.00. The average molecular weight is 753 g/mol. The summed E-state index contributed by atoms with van der Waals surface area (Å²) in [6, 6.07) is 10.7. The van der Waals surface area contributed by atoms with Crippen molar-refractivity contribution in [3.63, 3.8) is 0 Å². The molecule has 0 aliphatic heterocycles. The third-order valence-corrected chi connectivity index (χ3v) is 7.68. The van der Waals surface area contributed by atoms with Crippen molar-refractivity contribution in [3.8, 4) is 46.5 Å². The van der Waals surface area contributed by atoms with E-state index in [2.05, 4.69) is 10.2 Å². The highest BCUT2D eigenvalue weighted by Crippen LogP contribution is 2.40. The van der Waals surface area contributed by atoms with Gasteiger partial charge in [0.1, 0.15) is 5.82 Å². The second kappa shape index (κ2) is 13.5. The van der Waals surface area contributed by atoms with Crippen molar-refractivity contribution in [2.24, 2.45) is 14.1 Å². The van der Waals surface area contributed by atoms with E-state index >= 15 is 0 Å². The Bertz CT molecular complexity index is 1990. The second-order valence-corrected chi connectivity index (χ2v) is 10.8. The van der Waals surface area contributed by atoms with Gasteiger partial charge in [0.15, 0.2) is 23.3 Å². The quantitative estimate of drug-likeness (QED) is 0.132. The third-order valence-electron chi connectivity index (χ3n) is 6.12. The molecule has 0 fully saturated rings. The van der Waals surface area contributed by atoms with E-state index < -0.39 is 40.6 Å². The predicted molar refractivity (Wildman–Crippen MR) is 161 cm³/mol. The van der Waals surface area contributed by atoms with E-state index in [-0.39, 0.29) is 27.9 Å². The minimum Gasteiger partial charge on any atom is -0.432 e. The number of hydrogen-bond acceptors (Lipinski definition) is 6. The van der Waals surface area contributed by atoms with Crippen LogP contribution in [0.4, 0.5) is 22.0 Å². The summed E-state index contributed by atoms with van der Waals surface area (Å²) in [6.45, 7) is 3.42. The van der Waals surface area contributed by atoms with Crippen LogP contribution in [0.3, 0.4) is 0 Å². The fourth-order valence-electron chi connectivity index (χ4n) is 4.12. The van der Waals surface area contributed by atoms with Crippen LogP contribution in [0.25, 0.3) is 11.1 Å². The number of halogens is 7. The lowest BCUT2D eigenvalue weighted by molar-refractivity contribution is 0.375. The van der Waals surface area contributed by atoms with Crippen LogP contribution in [-0.4, -0.2) is 19.6 Å². The van der Waals surface area contributed by atoms with Gasteiger partial charge in [0.2, 0.25) is 23.3 Å². The Morgan fingerprint density at radius 1 is 0.733 bits per heavy atom. The topological polar surface area (TPSA) is 102 Å². The molecule has 0 saturated heterocycles. The molecule has 2 heterocycles. The van der Waals surface area contributed by atoms with Crippen molar-refractivity contribution >= 4 is 34.2 Å². The van der Waals surface area contributed by atoms with Gasteiger partial charge in [-0.25, -0.2) is 31.3 Å². The first-order chi connectivity index (χ1) is 21.2. The van der Waals surface area contributed by atoms with Crippen LogP contribution in [0.2, 0.25) is 5.02 Å². The maximum Gasteiger partial charge on any atom is 0.231 e. The van der Waals surface area contributed by atoms with E-state index in [0.717, 1.165) is 30.3 Å². The number of aryl methyl sites for hydroxylation is 4. The lowest BCUT2D eigenvalue weighted by Gasteiger charge is -2.12. The number of benzene rings is 3. The molecule has 0 unspecified atom stereocenters. The van der Waals surface area contributed by atoms with Crippen molar-refractivity contribution in [1.29, 1.82) is 10.5 Å². The van der Waals surface area contributed by atoms with Gasteiger partial charge >= 0.3 is 0 Å². The summed E-state index contributed by atoms with van der Waals surface area (Å²) in [7, 11) is 3.15.